The number of hydrogen-bond donors (Lipinski definition) is 2. The van der Waals surface area contributed by atoms with Crippen molar-refractivity contribution in [1.29, 1.82) is 0 Å². The van der Waals surface area contributed by atoms with Gasteiger partial charge in [-0.05, 0) is 35.8 Å². The van der Waals surface area contributed by atoms with Crippen LogP contribution in [-0.4, -0.2) is 16.3 Å². The maximum Gasteiger partial charge on any atom is 0.237 e. The molecule has 0 spiro atoms. The molecule has 6 heteroatoms. The second-order valence-electron chi connectivity index (χ2n) is 6.42. The molecular formula is C20H24N4OS. The van der Waals surface area contributed by atoms with Crippen LogP contribution in [0.1, 0.15) is 37.1 Å². The molecular weight excluding hydrogens is 344 g/mol. The number of thiophene rings is 1. The Hall–Kier alpha value is -2.60. The minimum atomic E-state index is -0.236. The average Bonchev–Trinajstić information content (AvgIpc) is 3.16. The first kappa shape index (κ1) is 18.2. The molecule has 3 rings (SSSR count). The molecule has 0 fully saturated rings. The van der Waals surface area contributed by atoms with Gasteiger partial charge in [0.05, 0.1) is 6.54 Å². The Morgan fingerprint density at radius 2 is 2.31 bits per heavy atom. The van der Waals surface area contributed by atoms with E-state index in [1.807, 2.05) is 11.4 Å². The van der Waals surface area contributed by atoms with Gasteiger partial charge in [0.2, 0.25) is 5.91 Å². The molecule has 1 aliphatic rings. The van der Waals surface area contributed by atoms with Crippen LogP contribution in [0.3, 0.4) is 0 Å². The highest BCUT2D eigenvalue weighted by molar-refractivity contribution is 7.10. The Labute approximate surface area is 157 Å². The molecule has 0 bridgehead atoms. The Bertz CT molecular complexity index is 964. The standard InChI is InChI=1S/C20H24N4OS/c1-3-5-15-6-4-7-19-16(10-15)8-9-24(19)12-18-11-17(13-26-18)20(21)23-22-14(2)25/h4,6-11,13,15H,3,5,12H2,1-2H3,(H2,21,23)(H,22,25). The number of nitrogens with zero attached hydrogens (tertiary/aromatic N) is 2. The third-order valence-corrected chi connectivity index (χ3v) is 5.20. The van der Waals surface area contributed by atoms with Crippen LogP contribution in [0.25, 0.3) is 12.2 Å². The summed E-state index contributed by atoms with van der Waals surface area (Å²) in [5.74, 6) is 0.588. The van der Waals surface area contributed by atoms with Gasteiger partial charge in [-0.15, -0.1) is 11.3 Å². The topological polar surface area (TPSA) is 72.4 Å². The van der Waals surface area contributed by atoms with Crippen LogP contribution in [0, 0.1) is 5.92 Å². The number of nitrogens with two attached hydrogens (primary N) is 1. The minimum absolute atomic E-state index is 0.236. The fourth-order valence-corrected chi connectivity index (χ4v) is 3.91. The largest absolute Gasteiger partial charge is 0.382 e. The number of rotatable bonds is 6. The second-order valence-corrected chi connectivity index (χ2v) is 7.42. The number of hydrogen-bond acceptors (Lipinski definition) is 3. The van der Waals surface area contributed by atoms with E-state index in [0.29, 0.717) is 11.8 Å². The Morgan fingerprint density at radius 1 is 1.46 bits per heavy atom. The Morgan fingerprint density at radius 3 is 3.08 bits per heavy atom. The van der Waals surface area contributed by atoms with Crippen LogP contribution in [0.15, 0.2) is 41.0 Å². The lowest BCUT2D eigenvalue weighted by molar-refractivity contribution is -0.118. The molecule has 2 aromatic heterocycles. The fourth-order valence-electron chi connectivity index (χ4n) is 3.03. The molecule has 26 heavy (non-hydrogen) atoms. The smallest absolute Gasteiger partial charge is 0.237 e. The lowest BCUT2D eigenvalue weighted by atomic mass is 10.0. The van der Waals surface area contributed by atoms with E-state index in [0.717, 1.165) is 12.1 Å². The van der Waals surface area contributed by atoms with Crippen LogP contribution in [0.2, 0.25) is 0 Å². The summed E-state index contributed by atoms with van der Waals surface area (Å²) in [5.41, 5.74) is 9.12. The monoisotopic (exact) mass is 368 g/mol. The number of carbonyl (C=O) groups excluding carboxylic acids is 1. The van der Waals surface area contributed by atoms with E-state index in [2.05, 4.69) is 58.6 Å². The number of fused-ring (bicyclic) bond motifs is 1. The van der Waals surface area contributed by atoms with Gasteiger partial charge in [-0.1, -0.05) is 31.6 Å². The Balaban J connectivity index is 1.81. The van der Waals surface area contributed by atoms with Gasteiger partial charge < -0.3 is 10.3 Å². The van der Waals surface area contributed by atoms with Crippen molar-refractivity contribution in [2.24, 2.45) is 16.8 Å². The van der Waals surface area contributed by atoms with Crippen LogP contribution in [0.4, 0.5) is 0 Å². The first-order valence-electron chi connectivity index (χ1n) is 8.80. The van der Waals surface area contributed by atoms with Crippen molar-refractivity contribution in [3.63, 3.8) is 0 Å². The van der Waals surface area contributed by atoms with Crippen LogP contribution in [-0.2, 0) is 11.3 Å². The average molecular weight is 369 g/mol. The molecule has 2 heterocycles. The van der Waals surface area contributed by atoms with E-state index in [-0.39, 0.29) is 5.91 Å². The molecule has 0 aromatic carbocycles. The van der Waals surface area contributed by atoms with Crippen molar-refractivity contribution in [1.82, 2.24) is 9.99 Å². The predicted octanol–water partition coefficient (Wildman–Crippen LogP) is 1.90. The summed E-state index contributed by atoms with van der Waals surface area (Å²) in [4.78, 5) is 12.1. The summed E-state index contributed by atoms with van der Waals surface area (Å²) < 4.78 is 2.25. The van der Waals surface area contributed by atoms with Crippen LogP contribution < -0.4 is 21.7 Å². The molecule has 0 saturated carbocycles. The number of aromatic nitrogens is 1. The van der Waals surface area contributed by atoms with E-state index in [1.54, 1.807) is 11.3 Å². The van der Waals surface area contributed by atoms with Gasteiger partial charge in [0.1, 0.15) is 0 Å². The molecule has 1 aliphatic carbocycles. The number of amides is 1. The van der Waals surface area contributed by atoms with E-state index in [9.17, 15) is 4.79 Å². The van der Waals surface area contributed by atoms with Crippen molar-refractivity contribution in [3.05, 3.63) is 56.9 Å². The number of amidine groups is 1. The first-order valence-corrected chi connectivity index (χ1v) is 9.68. The summed E-state index contributed by atoms with van der Waals surface area (Å²) in [6.45, 7) is 4.41. The third-order valence-electron chi connectivity index (χ3n) is 4.28. The van der Waals surface area contributed by atoms with Crippen molar-refractivity contribution < 1.29 is 4.79 Å². The van der Waals surface area contributed by atoms with Crippen LogP contribution in [0.5, 0.6) is 0 Å². The van der Waals surface area contributed by atoms with Crippen molar-refractivity contribution in [2.75, 3.05) is 0 Å². The predicted molar refractivity (Wildman–Crippen MR) is 108 cm³/mol. The molecule has 0 aliphatic heterocycles. The zero-order valence-corrected chi connectivity index (χ0v) is 15.9. The van der Waals surface area contributed by atoms with Gasteiger partial charge in [0.15, 0.2) is 5.84 Å². The van der Waals surface area contributed by atoms with Gasteiger partial charge in [0, 0.05) is 34.3 Å². The Kier molecular flexibility index (Phi) is 5.73. The highest BCUT2D eigenvalue weighted by Gasteiger charge is 2.07. The van der Waals surface area contributed by atoms with E-state index in [4.69, 9.17) is 5.73 Å². The van der Waals surface area contributed by atoms with Gasteiger partial charge in [0.25, 0.3) is 0 Å². The van der Waals surface area contributed by atoms with Crippen molar-refractivity contribution in [2.45, 2.75) is 33.2 Å². The molecule has 2 aromatic rings. The molecule has 1 amide bonds. The summed E-state index contributed by atoms with van der Waals surface area (Å²) in [7, 11) is 0. The number of carbonyl (C=O) groups is 1. The second kappa shape index (κ2) is 8.19. The molecule has 0 saturated heterocycles. The lowest BCUT2D eigenvalue weighted by Gasteiger charge is -2.02. The van der Waals surface area contributed by atoms with Gasteiger partial charge >= 0.3 is 0 Å². The number of hydrazone groups is 1. The molecule has 5 nitrogen and oxygen atoms in total. The van der Waals surface area contributed by atoms with Crippen molar-refractivity contribution >= 4 is 35.2 Å². The van der Waals surface area contributed by atoms with Gasteiger partial charge in [-0.2, -0.15) is 5.10 Å². The maximum atomic E-state index is 10.9. The summed E-state index contributed by atoms with van der Waals surface area (Å²) in [6, 6.07) is 4.20. The van der Waals surface area contributed by atoms with Crippen LogP contribution >= 0.6 is 11.3 Å². The highest BCUT2D eigenvalue weighted by Crippen LogP contribution is 2.16. The number of allylic oxidation sites excluding steroid dienone is 2. The van der Waals surface area contributed by atoms with Gasteiger partial charge in [-0.25, -0.2) is 5.43 Å². The first-order chi connectivity index (χ1) is 12.6. The third kappa shape index (κ3) is 4.32. The maximum absolute atomic E-state index is 10.9. The zero-order valence-electron chi connectivity index (χ0n) is 15.1. The fraction of sp³-hybridized carbons (Fsp3) is 0.300. The number of nitrogens with one attached hydrogen (secondary N) is 1. The molecule has 1 unspecified atom stereocenters. The molecule has 136 valence electrons. The SMILES string of the molecule is CCCC1C=CC=c2c(ccn2Cc2cc(C(N)=NNC(C)=O)cs2)=C1. The molecule has 0 radical (unpaired) electrons. The summed E-state index contributed by atoms with van der Waals surface area (Å²) in [6.07, 6.45) is 13.5. The minimum Gasteiger partial charge on any atom is -0.382 e. The van der Waals surface area contributed by atoms with E-state index >= 15 is 0 Å². The highest BCUT2D eigenvalue weighted by atomic mass is 32.1. The molecule has 3 N–H and O–H groups in total. The summed E-state index contributed by atoms with van der Waals surface area (Å²) in [5, 5.41) is 8.37. The quantitative estimate of drug-likeness (QED) is 0.464. The van der Waals surface area contributed by atoms with E-state index < -0.39 is 0 Å². The summed E-state index contributed by atoms with van der Waals surface area (Å²) >= 11 is 1.64. The lowest BCUT2D eigenvalue weighted by Crippen LogP contribution is -2.29. The van der Waals surface area contributed by atoms with Crippen molar-refractivity contribution in [3.8, 4) is 0 Å². The zero-order chi connectivity index (χ0) is 18.5. The molecule has 1 atom stereocenters. The van der Waals surface area contributed by atoms with E-state index in [1.165, 1.54) is 35.2 Å². The normalized spacial score (nSPS) is 16.4. The van der Waals surface area contributed by atoms with Gasteiger partial charge in [-0.3, -0.25) is 4.79 Å².